The first kappa shape index (κ1) is 28.4. The summed E-state index contributed by atoms with van der Waals surface area (Å²) in [7, 11) is 0. The van der Waals surface area contributed by atoms with Gasteiger partial charge in [0, 0.05) is 38.9 Å². The Kier molecular flexibility index (Phi) is 6.42. The summed E-state index contributed by atoms with van der Waals surface area (Å²) in [5, 5.41) is 2.53. The summed E-state index contributed by atoms with van der Waals surface area (Å²) in [4.78, 5) is 2.39. The molecule has 0 fully saturated rings. The monoisotopic (exact) mass is 616 g/mol. The lowest BCUT2D eigenvalue weighted by Crippen LogP contribution is -2.16. The maximum atomic E-state index is 2.40. The number of nitrogens with zero attached hydrogens (tertiary/aromatic N) is 2. The highest BCUT2D eigenvalue weighted by molar-refractivity contribution is 6.10. The molecule has 0 saturated heterocycles. The number of aromatic nitrogens is 1. The number of rotatable bonds is 5. The Labute approximate surface area is 282 Å². The summed E-state index contributed by atoms with van der Waals surface area (Å²) >= 11 is 0. The van der Waals surface area contributed by atoms with E-state index in [1.165, 1.54) is 72.1 Å². The standard InChI is InChI=1S/C46H36N2/c1-31-17-22-35(23-18-31)47(37-26-27-39-38-13-7-9-15-42(38)46(2,3)43(39)30-37)36-24-19-32(20-25-36)33-21-28-45-41(29-33)40-14-8-10-16-44(40)48(45)34-11-5-4-6-12-34/h4-30H,1-3H3. The van der Waals surface area contributed by atoms with E-state index in [-0.39, 0.29) is 5.41 Å². The summed E-state index contributed by atoms with van der Waals surface area (Å²) in [6, 6.07) is 60.0. The second kappa shape index (κ2) is 10.9. The van der Waals surface area contributed by atoms with E-state index in [1.807, 2.05) is 0 Å². The molecule has 2 nitrogen and oxygen atoms in total. The van der Waals surface area contributed by atoms with Crippen LogP contribution in [0.3, 0.4) is 0 Å². The molecular weight excluding hydrogens is 581 g/mol. The molecule has 8 aromatic rings. The van der Waals surface area contributed by atoms with E-state index in [1.54, 1.807) is 0 Å². The molecule has 1 heterocycles. The molecule has 0 amide bonds. The van der Waals surface area contributed by atoms with E-state index in [2.05, 4.69) is 194 Å². The summed E-state index contributed by atoms with van der Waals surface area (Å²) in [6.07, 6.45) is 0. The van der Waals surface area contributed by atoms with Crippen LogP contribution < -0.4 is 4.90 Å². The highest BCUT2D eigenvalue weighted by Crippen LogP contribution is 2.50. The average Bonchev–Trinajstić information content (AvgIpc) is 3.58. The molecule has 1 aliphatic rings. The average molecular weight is 617 g/mol. The fourth-order valence-electron chi connectivity index (χ4n) is 7.78. The molecule has 2 heteroatoms. The zero-order valence-corrected chi connectivity index (χ0v) is 27.5. The van der Waals surface area contributed by atoms with E-state index in [9.17, 15) is 0 Å². The third-order valence-electron chi connectivity index (χ3n) is 10.3. The highest BCUT2D eigenvalue weighted by Gasteiger charge is 2.35. The van der Waals surface area contributed by atoms with E-state index < -0.39 is 0 Å². The van der Waals surface area contributed by atoms with Crippen LogP contribution in [0, 0.1) is 6.92 Å². The van der Waals surface area contributed by atoms with Gasteiger partial charge in [-0.3, -0.25) is 0 Å². The molecule has 0 unspecified atom stereocenters. The van der Waals surface area contributed by atoms with Crippen LogP contribution in [0.1, 0.15) is 30.5 Å². The minimum absolute atomic E-state index is 0.0625. The minimum atomic E-state index is -0.0625. The van der Waals surface area contributed by atoms with Crippen molar-refractivity contribution in [2.75, 3.05) is 4.90 Å². The molecule has 0 N–H and O–H groups in total. The number of hydrogen-bond donors (Lipinski definition) is 0. The minimum Gasteiger partial charge on any atom is -0.310 e. The fourth-order valence-corrected chi connectivity index (χ4v) is 7.78. The molecule has 7 aromatic carbocycles. The zero-order chi connectivity index (χ0) is 32.4. The van der Waals surface area contributed by atoms with Gasteiger partial charge in [0.2, 0.25) is 0 Å². The van der Waals surface area contributed by atoms with E-state index in [0.717, 1.165) is 11.4 Å². The Balaban J connectivity index is 1.14. The topological polar surface area (TPSA) is 8.17 Å². The molecule has 48 heavy (non-hydrogen) atoms. The third kappa shape index (κ3) is 4.41. The lowest BCUT2D eigenvalue weighted by molar-refractivity contribution is 0.660. The Morgan fingerprint density at radius 1 is 0.458 bits per heavy atom. The van der Waals surface area contributed by atoms with Crippen molar-refractivity contribution < 1.29 is 0 Å². The van der Waals surface area contributed by atoms with Crippen LogP contribution in [0.15, 0.2) is 164 Å². The molecule has 0 radical (unpaired) electrons. The molecule has 0 bridgehead atoms. The number of aryl methyl sites for hydroxylation is 1. The van der Waals surface area contributed by atoms with Gasteiger partial charge >= 0.3 is 0 Å². The Morgan fingerprint density at radius 2 is 1.06 bits per heavy atom. The summed E-state index contributed by atoms with van der Waals surface area (Å²) in [6.45, 7) is 6.84. The van der Waals surface area contributed by atoms with Gasteiger partial charge in [0.1, 0.15) is 0 Å². The first-order chi connectivity index (χ1) is 23.5. The molecular formula is C46H36N2. The normalized spacial score (nSPS) is 13.1. The van der Waals surface area contributed by atoms with Crippen LogP contribution in [0.5, 0.6) is 0 Å². The molecule has 1 aromatic heterocycles. The SMILES string of the molecule is Cc1ccc(N(c2ccc(-c3ccc4c(c3)c3ccccc3n4-c3ccccc3)cc2)c2ccc3c(c2)C(C)(C)c2ccccc2-3)cc1. The highest BCUT2D eigenvalue weighted by atomic mass is 15.1. The molecule has 230 valence electrons. The third-order valence-corrected chi connectivity index (χ3v) is 10.3. The van der Waals surface area contributed by atoms with Crippen molar-refractivity contribution in [1.82, 2.24) is 4.57 Å². The molecule has 0 saturated carbocycles. The number of benzene rings is 7. The lowest BCUT2D eigenvalue weighted by atomic mass is 9.82. The second-order valence-corrected chi connectivity index (χ2v) is 13.5. The van der Waals surface area contributed by atoms with Crippen LogP contribution in [0.4, 0.5) is 17.1 Å². The van der Waals surface area contributed by atoms with Crippen molar-refractivity contribution in [3.63, 3.8) is 0 Å². The van der Waals surface area contributed by atoms with Crippen molar-refractivity contribution in [2.45, 2.75) is 26.2 Å². The maximum absolute atomic E-state index is 2.40. The maximum Gasteiger partial charge on any atom is 0.0541 e. The van der Waals surface area contributed by atoms with E-state index in [0.29, 0.717) is 0 Å². The van der Waals surface area contributed by atoms with E-state index >= 15 is 0 Å². The summed E-state index contributed by atoms with van der Waals surface area (Å²) < 4.78 is 2.37. The smallest absolute Gasteiger partial charge is 0.0541 e. The van der Waals surface area contributed by atoms with Crippen LogP contribution in [0.2, 0.25) is 0 Å². The van der Waals surface area contributed by atoms with Crippen molar-refractivity contribution in [3.05, 3.63) is 180 Å². The second-order valence-electron chi connectivity index (χ2n) is 13.5. The number of para-hydroxylation sites is 2. The number of anilines is 3. The zero-order valence-electron chi connectivity index (χ0n) is 27.5. The fraction of sp³-hybridized carbons (Fsp3) is 0.0870. The molecule has 0 atom stereocenters. The molecule has 9 rings (SSSR count). The molecule has 0 aliphatic heterocycles. The van der Waals surface area contributed by atoms with Crippen molar-refractivity contribution in [2.24, 2.45) is 0 Å². The first-order valence-electron chi connectivity index (χ1n) is 16.8. The number of fused-ring (bicyclic) bond motifs is 6. The predicted molar refractivity (Wildman–Crippen MR) is 203 cm³/mol. The largest absolute Gasteiger partial charge is 0.310 e. The van der Waals surface area contributed by atoms with Gasteiger partial charge in [0.25, 0.3) is 0 Å². The van der Waals surface area contributed by atoms with Crippen molar-refractivity contribution in [3.8, 4) is 27.9 Å². The quantitative estimate of drug-likeness (QED) is 0.187. The predicted octanol–water partition coefficient (Wildman–Crippen LogP) is 12.5. The molecule has 0 spiro atoms. The van der Waals surface area contributed by atoms with Crippen LogP contribution in [-0.2, 0) is 5.41 Å². The van der Waals surface area contributed by atoms with Gasteiger partial charge < -0.3 is 9.47 Å². The van der Waals surface area contributed by atoms with Gasteiger partial charge in [-0.1, -0.05) is 116 Å². The van der Waals surface area contributed by atoms with Crippen LogP contribution in [-0.4, -0.2) is 4.57 Å². The lowest BCUT2D eigenvalue weighted by Gasteiger charge is -2.28. The summed E-state index contributed by atoms with van der Waals surface area (Å²) in [5.74, 6) is 0. The van der Waals surface area contributed by atoms with E-state index in [4.69, 9.17) is 0 Å². The summed E-state index contributed by atoms with van der Waals surface area (Å²) in [5.41, 5.74) is 16.1. The van der Waals surface area contributed by atoms with Gasteiger partial charge in [0.15, 0.2) is 0 Å². The molecule has 1 aliphatic carbocycles. The van der Waals surface area contributed by atoms with Gasteiger partial charge in [-0.15, -0.1) is 0 Å². The Hall–Kier alpha value is -5.86. The van der Waals surface area contributed by atoms with Gasteiger partial charge in [-0.2, -0.15) is 0 Å². The Morgan fingerprint density at radius 3 is 1.85 bits per heavy atom. The Bertz CT molecular complexity index is 2460. The first-order valence-corrected chi connectivity index (χ1v) is 16.8. The van der Waals surface area contributed by atoms with Crippen molar-refractivity contribution >= 4 is 38.9 Å². The van der Waals surface area contributed by atoms with Crippen LogP contribution in [0.25, 0.3) is 49.7 Å². The van der Waals surface area contributed by atoms with Gasteiger partial charge in [-0.05, 0) is 107 Å². The van der Waals surface area contributed by atoms with Gasteiger partial charge in [-0.25, -0.2) is 0 Å². The van der Waals surface area contributed by atoms with Crippen LogP contribution >= 0.6 is 0 Å². The number of hydrogen-bond acceptors (Lipinski definition) is 1. The van der Waals surface area contributed by atoms with Gasteiger partial charge in [0.05, 0.1) is 11.0 Å². The van der Waals surface area contributed by atoms with Crippen molar-refractivity contribution in [1.29, 1.82) is 0 Å².